The van der Waals surface area contributed by atoms with Crippen LogP contribution in [0, 0.1) is 13.8 Å². The normalized spacial score (nSPS) is 10.8. The fourth-order valence-electron chi connectivity index (χ4n) is 2.72. The quantitative estimate of drug-likeness (QED) is 0.785. The van der Waals surface area contributed by atoms with Gasteiger partial charge in [-0.2, -0.15) is 0 Å². The number of nitrogens with one attached hydrogen (secondary N) is 1. The first-order valence-corrected chi connectivity index (χ1v) is 7.94. The maximum absolute atomic E-state index is 12.5. The Balaban J connectivity index is 2.00. The van der Waals surface area contributed by atoms with E-state index in [9.17, 15) is 9.59 Å². The molecule has 0 aliphatic heterocycles. The fraction of sp³-hybridized carbons (Fsp3) is 0.200. The first-order chi connectivity index (χ1) is 11.5. The maximum atomic E-state index is 12.5. The van der Waals surface area contributed by atoms with Gasteiger partial charge in [-0.05, 0) is 49.1 Å². The maximum Gasteiger partial charge on any atom is 0.291 e. The summed E-state index contributed by atoms with van der Waals surface area (Å²) < 4.78 is 5.64. The molecule has 1 aromatic heterocycles. The van der Waals surface area contributed by atoms with Crippen LogP contribution >= 0.6 is 0 Å². The summed E-state index contributed by atoms with van der Waals surface area (Å²) in [5.41, 5.74) is 3.93. The zero-order chi connectivity index (χ0) is 17.3. The summed E-state index contributed by atoms with van der Waals surface area (Å²) in [6.07, 6.45) is 0.837. The highest BCUT2D eigenvalue weighted by Crippen LogP contribution is 2.21. The Kier molecular flexibility index (Phi) is 4.21. The SMILES string of the molecule is CCc1ccc2oc(C(=O)Nc3c(C)cccc3C)cc(=O)c2c1. The van der Waals surface area contributed by atoms with Crippen molar-refractivity contribution in [3.05, 3.63) is 75.1 Å². The van der Waals surface area contributed by atoms with E-state index in [1.54, 1.807) is 6.07 Å². The molecular formula is C20H19NO3. The summed E-state index contributed by atoms with van der Waals surface area (Å²) >= 11 is 0. The summed E-state index contributed by atoms with van der Waals surface area (Å²) in [5, 5.41) is 3.34. The molecule has 0 radical (unpaired) electrons. The van der Waals surface area contributed by atoms with Gasteiger partial charge in [-0.15, -0.1) is 0 Å². The van der Waals surface area contributed by atoms with Crippen LogP contribution in [-0.2, 0) is 6.42 Å². The van der Waals surface area contributed by atoms with Crippen LogP contribution in [0.3, 0.4) is 0 Å². The van der Waals surface area contributed by atoms with E-state index < -0.39 is 5.91 Å². The van der Waals surface area contributed by atoms with Gasteiger partial charge in [0.25, 0.3) is 5.91 Å². The molecule has 0 aliphatic carbocycles. The number of rotatable bonds is 3. The Morgan fingerprint density at radius 1 is 1.08 bits per heavy atom. The summed E-state index contributed by atoms with van der Waals surface area (Å²) in [7, 11) is 0. The van der Waals surface area contributed by atoms with Gasteiger partial charge in [-0.1, -0.05) is 31.2 Å². The Hall–Kier alpha value is -2.88. The standard InChI is InChI=1S/C20H19NO3/c1-4-14-8-9-17-15(10-14)16(22)11-18(24-17)20(23)21-19-12(2)6-5-7-13(19)3/h5-11H,4H2,1-3H3,(H,21,23). The number of fused-ring (bicyclic) bond motifs is 1. The molecular weight excluding hydrogens is 302 g/mol. The van der Waals surface area contributed by atoms with Crippen LogP contribution in [0.1, 0.15) is 34.2 Å². The monoisotopic (exact) mass is 321 g/mol. The molecule has 3 aromatic rings. The lowest BCUT2D eigenvalue weighted by atomic mass is 10.1. The van der Waals surface area contributed by atoms with Crippen molar-refractivity contribution in [3.8, 4) is 0 Å². The van der Waals surface area contributed by atoms with Crippen molar-refractivity contribution in [3.63, 3.8) is 0 Å². The van der Waals surface area contributed by atoms with Crippen molar-refractivity contribution in [1.29, 1.82) is 0 Å². The summed E-state index contributed by atoms with van der Waals surface area (Å²) in [6.45, 7) is 5.87. The summed E-state index contributed by atoms with van der Waals surface area (Å²) in [5.74, 6) is -0.412. The van der Waals surface area contributed by atoms with Crippen LogP contribution in [0.5, 0.6) is 0 Å². The number of anilines is 1. The van der Waals surface area contributed by atoms with Gasteiger partial charge in [-0.25, -0.2) is 0 Å². The number of hydrogen-bond donors (Lipinski definition) is 1. The van der Waals surface area contributed by atoms with Crippen molar-refractivity contribution in [1.82, 2.24) is 0 Å². The van der Waals surface area contributed by atoms with E-state index in [1.165, 1.54) is 6.07 Å². The molecule has 2 aromatic carbocycles. The highest BCUT2D eigenvalue weighted by atomic mass is 16.3. The zero-order valence-corrected chi connectivity index (χ0v) is 14.0. The molecule has 1 N–H and O–H groups in total. The number of para-hydroxylation sites is 1. The molecule has 0 atom stereocenters. The molecule has 0 bridgehead atoms. The lowest BCUT2D eigenvalue weighted by Gasteiger charge is -2.11. The fourth-order valence-corrected chi connectivity index (χ4v) is 2.72. The molecule has 4 heteroatoms. The number of aryl methyl sites for hydroxylation is 3. The Morgan fingerprint density at radius 3 is 2.46 bits per heavy atom. The molecule has 1 heterocycles. The minimum atomic E-state index is -0.425. The number of carbonyl (C=O) groups excluding carboxylic acids is 1. The topological polar surface area (TPSA) is 59.3 Å². The second-order valence-corrected chi connectivity index (χ2v) is 5.88. The van der Waals surface area contributed by atoms with E-state index in [-0.39, 0.29) is 11.2 Å². The van der Waals surface area contributed by atoms with E-state index >= 15 is 0 Å². The lowest BCUT2D eigenvalue weighted by Crippen LogP contribution is -2.16. The van der Waals surface area contributed by atoms with Gasteiger partial charge in [0.2, 0.25) is 0 Å². The van der Waals surface area contributed by atoms with E-state index in [0.29, 0.717) is 11.0 Å². The van der Waals surface area contributed by atoms with Gasteiger partial charge in [-0.3, -0.25) is 9.59 Å². The number of carbonyl (C=O) groups is 1. The van der Waals surface area contributed by atoms with Crippen LogP contribution in [0.2, 0.25) is 0 Å². The van der Waals surface area contributed by atoms with Crippen molar-refractivity contribution in [2.45, 2.75) is 27.2 Å². The van der Waals surface area contributed by atoms with Gasteiger partial charge >= 0.3 is 0 Å². The van der Waals surface area contributed by atoms with Gasteiger partial charge in [0.05, 0.1) is 5.39 Å². The second-order valence-electron chi connectivity index (χ2n) is 5.88. The van der Waals surface area contributed by atoms with Crippen molar-refractivity contribution >= 4 is 22.6 Å². The lowest BCUT2D eigenvalue weighted by molar-refractivity contribution is 0.0997. The molecule has 0 saturated heterocycles. The molecule has 0 saturated carbocycles. The molecule has 1 amide bonds. The van der Waals surface area contributed by atoms with Gasteiger partial charge in [0.1, 0.15) is 5.58 Å². The molecule has 4 nitrogen and oxygen atoms in total. The van der Waals surface area contributed by atoms with Crippen LogP contribution in [0.25, 0.3) is 11.0 Å². The smallest absolute Gasteiger partial charge is 0.291 e. The summed E-state index contributed by atoms with van der Waals surface area (Å²) in [4.78, 5) is 24.8. The van der Waals surface area contributed by atoms with Crippen molar-refractivity contribution in [2.75, 3.05) is 5.32 Å². The van der Waals surface area contributed by atoms with E-state index in [0.717, 1.165) is 28.8 Å². The van der Waals surface area contributed by atoms with Gasteiger partial charge in [0.15, 0.2) is 11.2 Å². The predicted octanol–water partition coefficient (Wildman–Crippen LogP) is 4.22. The van der Waals surface area contributed by atoms with Crippen LogP contribution in [-0.4, -0.2) is 5.91 Å². The first-order valence-electron chi connectivity index (χ1n) is 7.94. The van der Waals surface area contributed by atoms with Crippen LogP contribution in [0.4, 0.5) is 5.69 Å². The minimum absolute atomic E-state index is 0.0133. The van der Waals surface area contributed by atoms with Gasteiger partial charge < -0.3 is 9.73 Å². The molecule has 3 rings (SSSR count). The first kappa shape index (κ1) is 16.0. The number of amides is 1. The third kappa shape index (κ3) is 2.95. The van der Waals surface area contributed by atoms with Crippen molar-refractivity contribution in [2.24, 2.45) is 0 Å². The molecule has 24 heavy (non-hydrogen) atoms. The third-order valence-electron chi connectivity index (χ3n) is 4.14. The van der Waals surface area contributed by atoms with Crippen LogP contribution in [0.15, 0.2) is 51.7 Å². The van der Waals surface area contributed by atoms with Crippen molar-refractivity contribution < 1.29 is 9.21 Å². The third-order valence-corrected chi connectivity index (χ3v) is 4.14. The number of benzene rings is 2. The predicted molar refractivity (Wildman–Crippen MR) is 95.7 cm³/mol. The second kappa shape index (κ2) is 6.32. The van der Waals surface area contributed by atoms with Gasteiger partial charge in [0, 0.05) is 11.8 Å². The highest BCUT2D eigenvalue weighted by Gasteiger charge is 2.14. The molecule has 122 valence electrons. The van der Waals surface area contributed by atoms with E-state index in [4.69, 9.17) is 4.42 Å². The minimum Gasteiger partial charge on any atom is -0.451 e. The van der Waals surface area contributed by atoms with E-state index in [1.807, 2.05) is 51.1 Å². The average molecular weight is 321 g/mol. The van der Waals surface area contributed by atoms with Crippen LogP contribution < -0.4 is 10.7 Å². The molecule has 0 aliphatic rings. The average Bonchev–Trinajstić information content (AvgIpc) is 2.57. The van der Waals surface area contributed by atoms with E-state index in [2.05, 4.69) is 5.32 Å². The molecule has 0 fully saturated rings. The largest absolute Gasteiger partial charge is 0.451 e. The Bertz CT molecular complexity index is 966. The molecule has 0 spiro atoms. The Morgan fingerprint density at radius 2 is 1.79 bits per heavy atom. The zero-order valence-electron chi connectivity index (χ0n) is 14.0. The summed E-state index contributed by atoms with van der Waals surface area (Å²) in [6, 6.07) is 12.5. The Labute approximate surface area is 140 Å². The molecule has 0 unspecified atom stereocenters. The highest BCUT2D eigenvalue weighted by molar-refractivity contribution is 6.03. The number of hydrogen-bond acceptors (Lipinski definition) is 3.